The predicted octanol–water partition coefficient (Wildman–Crippen LogP) is -1.01. The molecular weight excluding hydrogens is 195 g/mol. The van der Waals surface area contributed by atoms with Crippen molar-refractivity contribution in [2.24, 2.45) is 5.92 Å². The zero-order valence-corrected chi connectivity index (χ0v) is 8.54. The highest BCUT2D eigenvalue weighted by atomic mass is 16.5. The lowest BCUT2D eigenvalue weighted by atomic mass is 9.87. The molecule has 2 N–H and O–H groups in total. The number of hydrogen-bond acceptors (Lipinski definition) is 4. The minimum Gasteiger partial charge on any atom is -0.422 e. The van der Waals surface area contributed by atoms with Gasteiger partial charge in [-0.3, -0.25) is 4.68 Å². The molecule has 0 radical (unpaired) electrons. The van der Waals surface area contributed by atoms with Crippen LogP contribution in [0.2, 0.25) is 0 Å². The van der Waals surface area contributed by atoms with Crippen molar-refractivity contribution in [3.8, 4) is 0 Å². The summed E-state index contributed by atoms with van der Waals surface area (Å²) >= 11 is 0. The van der Waals surface area contributed by atoms with Crippen LogP contribution in [-0.2, 0) is 11.3 Å². The molecule has 0 amide bonds. The molecule has 0 aliphatic carbocycles. The van der Waals surface area contributed by atoms with Gasteiger partial charge in [-0.1, -0.05) is 0 Å². The highest BCUT2D eigenvalue weighted by Gasteiger charge is 2.17. The molecule has 2 rings (SSSR count). The molecular formula is C9H15BN2O3. The Bertz CT molecular complexity index is 310. The normalized spacial score (nSPS) is 18.0. The van der Waals surface area contributed by atoms with Gasteiger partial charge in [-0.2, -0.15) is 5.10 Å². The van der Waals surface area contributed by atoms with E-state index >= 15 is 0 Å². The van der Waals surface area contributed by atoms with Crippen LogP contribution in [0, 0.1) is 5.92 Å². The molecule has 1 aliphatic heterocycles. The van der Waals surface area contributed by atoms with Gasteiger partial charge in [0.15, 0.2) is 0 Å². The summed E-state index contributed by atoms with van der Waals surface area (Å²) in [5.74, 6) is 0.585. The Kier molecular flexibility index (Phi) is 3.40. The third-order valence-electron chi connectivity index (χ3n) is 2.71. The van der Waals surface area contributed by atoms with E-state index in [9.17, 15) is 0 Å². The first-order valence-corrected chi connectivity index (χ1v) is 5.23. The first-order valence-electron chi connectivity index (χ1n) is 5.23. The van der Waals surface area contributed by atoms with E-state index in [2.05, 4.69) is 5.10 Å². The van der Waals surface area contributed by atoms with Crippen LogP contribution in [0.25, 0.3) is 0 Å². The summed E-state index contributed by atoms with van der Waals surface area (Å²) in [6, 6.07) is 1.63. The van der Waals surface area contributed by atoms with Gasteiger partial charge in [0.05, 0.1) is 5.59 Å². The minimum atomic E-state index is -1.47. The van der Waals surface area contributed by atoms with E-state index in [0.717, 1.165) is 32.6 Å². The van der Waals surface area contributed by atoms with Crippen LogP contribution in [0.5, 0.6) is 0 Å². The molecule has 0 spiro atoms. The van der Waals surface area contributed by atoms with E-state index in [1.165, 1.54) is 0 Å². The zero-order chi connectivity index (χ0) is 10.7. The second kappa shape index (κ2) is 4.78. The van der Waals surface area contributed by atoms with Crippen molar-refractivity contribution in [3.05, 3.63) is 12.3 Å². The monoisotopic (exact) mass is 210 g/mol. The van der Waals surface area contributed by atoms with Gasteiger partial charge in [0.1, 0.15) is 0 Å². The van der Waals surface area contributed by atoms with E-state index < -0.39 is 7.12 Å². The number of aromatic nitrogens is 2. The number of ether oxygens (including phenoxy) is 1. The second-order valence-corrected chi connectivity index (χ2v) is 3.89. The van der Waals surface area contributed by atoms with Crippen LogP contribution >= 0.6 is 0 Å². The largest absolute Gasteiger partial charge is 0.510 e. The standard InChI is InChI=1S/C9H15BN2O3/c13-10(14)9-1-4-12(11-9)7-8-2-5-15-6-3-8/h1,4,8,13-14H,2-3,5-7H2. The van der Waals surface area contributed by atoms with Crippen molar-refractivity contribution in [3.63, 3.8) is 0 Å². The van der Waals surface area contributed by atoms with Crippen molar-refractivity contribution in [2.75, 3.05) is 13.2 Å². The number of rotatable bonds is 3. The third kappa shape index (κ3) is 2.81. The molecule has 6 heteroatoms. The van der Waals surface area contributed by atoms with Gasteiger partial charge in [0.2, 0.25) is 0 Å². The highest BCUT2D eigenvalue weighted by molar-refractivity contribution is 6.57. The Morgan fingerprint density at radius 1 is 1.47 bits per heavy atom. The highest BCUT2D eigenvalue weighted by Crippen LogP contribution is 2.15. The summed E-state index contributed by atoms with van der Waals surface area (Å²) in [5.41, 5.74) is 0.307. The Morgan fingerprint density at radius 3 is 2.80 bits per heavy atom. The molecule has 0 bridgehead atoms. The first kappa shape index (κ1) is 10.7. The fourth-order valence-electron chi connectivity index (χ4n) is 1.81. The van der Waals surface area contributed by atoms with E-state index in [0.29, 0.717) is 11.5 Å². The van der Waals surface area contributed by atoms with E-state index in [1.54, 1.807) is 16.9 Å². The maximum atomic E-state index is 8.90. The van der Waals surface area contributed by atoms with Crippen molar-refractivity contribution < 1.29 is 14.8 Å². The van der Waals surface area contributed by atoms with Crippen LogP contribution in [0.4, 0.5) is 0 Å². The van der Waals surface area contributed by atoms with E-state index in [-0.39, 0.29) is 0 Å². The summed E-state index contributed by atoms with van der Waals surface area (Å²) < 4.78 is 7.04. The predicted molar refractivity (Wildman–Crippen MR) is 55.6 cm³/mol. The van der Waals surface area contributed by atoms with E-state index in [4.69, 9.17) is 14.8 Å². The van der Waals surface area contributed by atoms with Crippen LogP contribution in [0.15, 0.2) is 12.3 Å². The average Bonchev–Trinajstić information content (AvgIpc) is 2.68. The van der Waals surface area contributed by atoms with Gasteiger partial charge < -0.3 is 14.8 Å². The lowest BCUT2D eigenvalue weighted by molar-refractivity contribution is 0.0602. The Morgan fingerprint density at radius 2 is 2.20 bits per heavy atom. The minimum absolute atomic E-state index is 0.307. The second-order valence-electron chi connectivity index (χ2n) is 3.89. The molecule has 1 fully saturated rings. The van der Waals surface area contributed by atoms with Gasteiger partial charge in [-0.25, -0.2) is 0 Å². The molecule has 0 atom stereocenters. The van der Waals surface area contributed by atoms with Gasteiger partial charge in [-0.05, 0) is 24.8 Å². The number of nitrogens with zero attached hydrogens (tertiary/aromatic N) is 2. The molecule has 0 saturated carbocycles. The van der Waals surface area contributed by atoms with Gasteiger partial charge in [-0.15, -0.1) is 0 Å². The molecule has 2 heterocycles. The average molecular weight is 210 g/mol. The van der Waals surface area contributed by atoms with Crippen molar-refractivity contribution in [1.29, 1.82) is 0 Å². The third-order valence-corrected chi connectivity index (χ3v) is 2.71. The molecule has 0 aromatic carbocycles. The maximum absolute atomic E-state index is 8.90. The molecule has 1 aliphatic rings. The fraction of sp³-hybridized carbons (Fsp3) is 0.667. The summed E-state index contributed by atoms with van der Waals surface area (Å²) in [5, 5.41) is 21.9. The van der Waals surface area contributed by atoms with E-state index in [1.807, 2.05) is 0 Å². The van der Waals surface area contributed by atoms with Gasteiger partial charge in [0, 0.05) is 26.0 Å². The van der Waals surface area contributed by atoms with Crippen molar-refractivity contribution in [2.45, 2.75) is 19.4 Å². The molecule has 15 heavy (non-hydrogen) atoms. The molecule has 82 valence electrons. The topological polar surface area (TPSA) is 67.5 Å². The number of hydrogen-bond donors (Lipinski definition) is 2. The van der Waals surface area contributed by atoms with Crippen LogP contribution < -0.4 is 5.59 Å². The van der Waals surface area contributed by atoms with Crippen LogP contribution in [0.1, 0.15) is 12.8 Å². The molecule has 1 saturated heterocycles. The van der Waals surface area contributed by atoms with Crippen molar-refractivity contribution in [1.82, 2.24) is 9.78 Å². The quantitative estimate of drug-likeness (QED) is 0.627. The molecule has 1 aromatic rings. The molecule has 0 unspecified atom stereocenters. The lowest BCUT2D eigenvalue weighted by Crippen LogP contribution is -2.32. The summed E-state index contributed by atoms with van der Waals surface area (Å²) in [6.07, 6.45) is 3.89. The van der Waals surface area contributed by atoms with Crippen LogP contribution in [-0.4, -0.2) is 40.2 Å². The summed E-state index contributed by atoms with van der Waals surface area (Å²) in [4.78, 5) is 0. The summed E-state index contributed by atoms with van der Waals surface area (Å²) in [6.45, 7) is 2.47. The Labute approximate surface area is 88.8 Å². The Balaban J connectivity index is 1.91. The van der Waals surface area contributed by atoms with Gasteiger partial charge in [0.25, 0.3) is 0 Å². The first-order chi connectivity index (χ1) is 7.25. The smallest absolute Gasteiger partial charge is 0.422 e. The maximum Gasteiger partial charge on any atom is 0.510 e. The summed E-state index contributed by atoms with van der Waals surface area (Å²) in [7, 11) is -1.47. The zero-order valence-electron chi connectivity index (χ0n) is 8.54. The molecule has 5 nitrogen and oxygen atoms in total. The van der Waals surface area contributed by atoms with Crippen LogP contribution in [0.3, 0.4) is 0 Å². The molecule has 1 aromatic heterocycles. The fourth-order valence-corrected chi connectivity index (χ4v) is 1.81. The van der Waals surface area contributed by atoms with Crippen molar-refractivity contribution >= 4 is 12.7 Å². The lowest BCUT2D eigenvalue weighted by Gasteiger charge is -2.21. The van der Waals surface area contributed by atoms with Gasteiger partial charge >= 0.3 is 7.12 Å². The SMILES string of the molecule is OB(O)c1ccn(CC2CCOCC2)n1. The Hall–Kier alpha value is -0.845.